The van der Waals surface area contributed by atoms with Gasteiger partial charge in [0.05, 0.1) is 23.0 Å². The molecule has 6 heteroatoms. The molecular formula is C14H16ClN5. The van der Waals surface area contributed by atoms with E-state index in [-0.39, 0.29) is 5.38 Å². The summed E-state index contributed by atoms with van der Waals surface area (Å²) in [5, 5.41) is 7.90. The van der Waals surface area contributed by atoms with E-state index in [0.29, 0.717) is 6.54 Å². The van der Waals surface area contributed by atoms with Crippen molar-refractivity contribution >= 4 is 22.6 Å². The Kier molecular flexibility index (Phi) is 3.22. The van der Waals surface area contributed by atoms with Crippen LogP contribution >= 0.6 is 11.6 Å². The smallest absolute Gasteiger partial charge is 0.152 e. The molecule has 2 aromatic heterocycles. The van der Waals surface area contributed by atoms with Gasteiger partial charge in [-0.25, -0.2) is 4.98 Å². The number of alkyl halides is 1. The van der Waals surface area contributed by atoms with Gasteiger partial charge in [-0.1, -0.05) is 6.07 Å². The molecule has 0 amide bonds. The number of hydrogen-bond donors (Lipinski definition) is 0. The quantitative estimate of drug-likeness (QED) is 0.697. The van der Waals surface area contributed by atoms with E-state index in [2.05, 4.69) is 44.9 Å². The van der Waals surface area contributed by atoms with Crippen molar-refractivity contribution in [3.63, 3.8) is 0 Å². The second-order valence-electron chi connectivity index (χ2n) is 5.02. The summed E-state index contributed by atoms with van der Waals surface area (Å²) in [6.45, 7) is 4.61. The molecule has 0 spiro atoms. The molecule has 3 aromatic rings. The van der Waals surface area contributed by atoms with Gasteiger partial charge in [-0.2, -0.15) is 0 Å². The summed E-state index contributed by atoms with van der Waals surface area (Å²) in [7, 11) is 1.93. The fourth-order valence-electron chi connectivity index (χ4n) is 2.32. The zero-order valence-corrected chi connectivity index (χ0v) is 12.5. The topological polar surface area (TPSA) is 48.5 Å². The van der Waals surface area contributed by atoms with Crippen LogP contribution in [0.4, 0.5) is 0 Å². The molecule has 0 radical (unpaired) electrons. The van der Waals surface area contributed by atoms with Crippen molar-refractivity contribution in [3.05, 3.63) is 41.7 Å². The van der Waals surface area contributed by atoms with Gasteiger partial charge in [-0.15, -0.1) is 21.8 Å². The van der Waals surface area contributed by atoms with Gasteiger partial charge in [-0.05, 0) is 31.5 Å². The first-order chi connectivity index (χ1) is 9.56. The fraction of sp³-hybridized carbons (Fsp3) is 0.357. The Morgan fingerprint density at radius 3 is 2.80 bits per heavy atom. The SMILES string of the molecule is Cc1ccc2c(c1)nc(C(C)Cl)n2Cc1nncn1C. The van der Waals surface area contributed by atoms with E-state index in [9.17, 15) is 0 Å². The zero-order valence-electron chi connectivity index (χ0n) is 11.7. The van der Waals surface area contributed by atoms with Crippen molar-refractivity contribution in [2.75, 3.05) is 0 Å². The van der Waals surface area contributed by atoms with E-state index in [1.807, 2.05) is 18.5 Å². The molecule has 0 N–H and O–H groups in total. The summed E-state index contributed by atoms with van der Waals surface area (Å²) in [5.41, 5.74) is 3.23. The fourth-order valence-corrected chi connectivity index (χ4v) is 2.49. The van der Waals surface area contributed by atoms with Crippen LogP contribution in [0.3, 0.4) is 0 Å². The van der Waals surface area contributed by atoms with Crippen LogP contribution in [0.15, 0.2) is 24.5 Å². The molecule has 1 atom stereocenters. The lowest BCUT2D eigenvalue weighted by Crippen LogP contribution is -2.09. The number of aromatic nitrogens is 5. The van der Waals surface area contributed by atoms with E-state index in [0.717, 1.165) is 22.7 Å². The third-order valence-electron chi connectivity index (χ3n) is 3.39. The number of aryl methyl sites for hydroxylation is 2. The molecule has 0 saturated carbocycles. The molecule has 0 fully saturated rings. The first-order valence-electron chi connectivity index (χ1n) is 6.50. The molecule has 1 unspecified atom stereocenters. The summed E-state index contributed by atoms with van der Waals surface area (Å²) in [6, 6.07) is 6.24. The Morgan fingerprint density at radius 2 is 2.15 bits per heavy atom. The van der Waals surface area contributed by atoms with Gasteiger partial charge in [0.15, 0.2) is 5.82 Å². The van der Waals surface area contributed by atoms with Gasteiger partial charge in [-0.3, -0.25) is 0 Å². The Morgan fingerprint density at radius 1 is 1.35 bits per heavy atom. The Balaban J connectivity index is 2.16. The maximum absolute atomic E-state index is 6.27. The van der Waals surface area contributed by atoms with E-state index in [4.69, 9.17) is 11.6 Å². The van der Waals surface area contributed by atoms with Gasteiger partial charge in [0.2, 0.25) is 0 Å². The highest BCUT2D eigenvalue weighted by Gasteiger charge is 2.16. The molecule has 0 aliphatic carbocycles. The lowest BCUT2D eigenvalue weighted by atomic mass is 10.2. The summed E-state index contributed by atoms with van der Waals surface area (Å²) in [4.78, 5) is 4.66. The van der Waals surface area contributed by atoms with Crippen molar-refractivity contribution in [2.24, 2.45) is 7.05 Å². The largest absolute Gasteiger partial charge is 0.319 e. The number of imidazole rings is 1. The molecule has 0 aliphatic rings. The second kappa shape index (κ2) is 4.90. The standard InChI is InChI=1S/C14H16ClN5/c1-9-4-5-12-11(6-9)17-14(10(2)15)20(12)7-13-18-16-8-19(13)3/h4-6,8,10H,7H2,1-3H3. The summed E-state index contributed by atoms with van der Waals surface area (Å²) < 4.78 is 4.01. The third kappa shape index (κ3) is 2.18. The maximum atomic E-state index is 6.27. The van der Waals surface area contributed by atoms with E-state index >= 15 is 0 Å². The predicted molar refractivity (Wildman–Crippen MR) is 78.8 cm³/mol. The van der Waals surface area contributed by atoms with Crippen LogP contribution in [0, 0.1) is 6.92 Å². The van der Waals surface area contributed by atoms with Gasteiger partial charge < -0.3 is 9.13 Å². The van der Waals surface area contributed by atoms with E-state index in [1.54, 1.807) is 6.33 Å². The molecule has 104 valence electrons. The number of benzene rings is 1. The Hall–Kier alpha value is -1.88. The Bertz CT molecular complexity index is 756. The van der Waals surface area contributed by atoms with Crippen molar-refractivity contribution in [1.82, 2.24) is 24.3 Å². The van der Waals surface area contributed by atoms with Crippen LogP contribution in [0.25, 0.3) is 11.0 Å². The molecule has 1 aromatic carbocycles. The third-order valence-corrected chi connectivity index (χ3v) is 3.59. The van der Waals surface area contributed by atoms with E-state index in [1.165, 1.54) is 5.56 Å². The highest BCUT2D eigenvalue weighted by Crippen LogP contribution is 2.25. The van der Waals surface area contributed by atoms with Crippen LogP contribution in [-0.2, 0) is 13.6 Å². The minimum Gasteiger partial charge on any atom is -0.319 e. The van der Waals surface area contributed by atoms with Gasteiger partial charge in [0, 0.05) is 7.05 Å². The maximum Gasteiger partial charge on any atom is 0.152 e. The van der Waals surface area contributed by atoms with Crippen molar-refractivity contribution in [2.45, 2.75) is 25.8 Å². The van der Waals surface area contributed by atoms with Gasteiger partial charge in [0.1, 0.15) is 12.2 Å². The lowest BCUT2D eigenvalue weighted by molar-refractivity contribution is 0.675. The lowest BCUT2D eigenvalue weighted by Gasteiger charge is -2.09. The predicted octanol–water partition coefficient (Wildman–Crippen LogP) is 2.82. The minimum absolute atomic E-state index is 0.157. The highest BCUT2D eigenvalue weighted by molar-refractivity contribution is 6.20. The minimum atomic E-state index is -0.157. The van der Waals surface area contributed by atoms with E-state index < -0.39 is 0 Å². The average Bonchev–Trinajstić information content (AvgIpc) is 2.95. The summed E-state index contributed by atoms with van der Waals surface area (Å²) >= 11 is 6.27. The number of nitrogens with zero attached hydrogens (tertiary/aromatic N) is 5. The first-order valence-corrected chi connectivity index (χ1v) is 6.93. The average molecular weight is 290 g/mol. The number of rotatable bonds is 3. The second-order valence-corrected chi connectivity index (χ2v) is 5.68. The van der Waals surface area contributed by atoms with Crippen molar-refractivity contribution < 1.29 is 0 Å². The molecule has 0 aliphatic heterocycles. The first kappa shape index (κ1) is 13.1. The van der Waals surface area contributed by atoms with Crippen LogP contribution < -0.4 is 0 Å². The monoisotopic (exact) mass is 289 g/mol. The number of halogens is 1. The molecule has 5 nitrogen and oxygen atoms in total. The van der Waals surface area contributed by atoms with Crippen molar-refractivity contribution in [1.29, 1.82) is 0 Å². The summed E-state index contributed by atoms with van der Waals surface area (Å²) in [6.07, 6.45) is 1.70. The van der Waals surface area contributed by atoms with Crippen LogP contribution in [-0.4, -0.2) is 24.3 Å². The molecule has 20 heavy (non-hydrogen) atoms. The van der Waals surface area contributed by atoms with Gasteiger partial charge in [0.25, 0.3) is 0 Å². The normalized spacial score (nSPS) is 13.0. The van der Waals surface area contributed by atoms with Gasteiger partial charge >= 0.3 is 0 Å². The molecule has 0 saturated heterocycles. The zero-order chi connectivity index (χ0) is 14.3. The Labute approximate surface area is 122 Å². The van der Waals surface area contributed by atoms with Crippen molar-refractivity contribution in [3.8, 4) is 0 Å². The highest BCUT2D eigenvalue weighted by atomic mass is 35.5. The van der Waals surface area contributed by atoms with Crippen LogP contribution in [0.1, 0.15) is 29.5 Å². The molecule has 0 bridgehead atoms. The van der Waals surface area contributed by atoms with Crippen LogP contribution in [0.5, 0.6) is 0 Å². The summed E-state index contributed by atoms with van der Waals surface area (Å²) in [5.74, 6) is 1.73. The molecular weight excluding hydrogens is 274 g/mol. The molecule has 2 heterocycles. The number of hydrogen-bond acceptors (Lipinski definition) is 3. The number of fused-ring (bicyclic) bond motifs is 1. The van der Waals surface area contributed by atoms with Crippen LogP contribution in [0.2, 0.25) is 0 Å². The molecule has 3 rings (SSSR count).